The minimum atomic E-state index is -0.944. The summed E-state index contributed by atoms with van der Waals surface area (Å²) in [6.45, 7) is 0. The number of hydrogen-bond acceptors (Lipinski definition) is 5. The molecule has 1 aliphatic carbocycles. The van der Waals surface area contributed by atoms with Gasteiger partial charge in [-0.1, -0.05) is 19.3 Å². The monoisotopic (exact) mass is 321 g/mol. The highest BCUT2D eigenvalue weighted by Gasteiger charge is 2.42. The SMILES string of the molecule is COC(=O)C1(NC(=O)c2cc(OC)cc(OC)c2)CCCCC1. The van der Waals surface area contributed by atoms with Gasteiger partial charge in [0.05, 0.1) is 21.3 Å². The fraction of sp³-hybridized carbons (Fsp3) is 0.529. The van der Waals surface area contributed by atoms with Crippen LogP contribution in [0, 0.1) is 0 Å². The van der Waals surface area contributed by atoms with Gasteiger partial charge < -0.3 is 19.5 Å². The highest BCUT2D eigenvalue weighted by atomic mass is 16.5. The van der Waals surface area contributed by atoms with E-state index in [9.17, 15) is 9.59 Å². The minimum absolute atomic E-state index is 0.338. The molecule has 0 aliphatic heterocycles. The number of carbonyl (C=O) groups excluding carboxylic acids is 2. The minimum Gasteiger partial charge on any atom is -0.497 e. The van der Waals surface area contributed by atoms with Crippen molar-refractivity contribution < 1.29 is 23.8 Å². The maximum atomic E-state index is 12.6. The van der Waals surface area contributed by atoms with Crippen LogP contribution in [0.4, 0.5) is 0 Å². The molecule has 2 rings (SSSR count). The van der Waals surface area contributed by atoms with Crippen molar-refractivity contribution in [1.29, 1.82) is 0 Å². The molecule has 1 fully saturated rings. The highest BCUT2D eigenvalue weighted by Crippen LogP contribution is 2.30. The van der Waals surface area contributed by atoms with Crippen molar-refractivity contribution in [2.75, 3.05) is 21.3 Å². The van der Waals surface area contributed by atoms with E-state index in [2.05, 4.69) is 5.32 Å². The van der Waals surface area contributed by atoms with Gasteiger partial charge >= 0.3 is 5.97 Å². The number of rotatable bonds is 5. The van der Waals surface area contributed by atoms with Gasteiger partial charge in [-0.2, -0.15) is 0 Å². The van der Waals surface area contributed by atoms with E-state index in [1.54, 1.807) is 18.2 Å². The summed E-state index contributed by atoms with van der Waals surface area (Å²) < 4.78 is 15.3. The molecule has 1 aromatic rings. The highest BCUT2D eigenvalue weighted by molar-refractivity contribution is 5.98. The van der Waals surface area contributed by atoms with E-state index in [1.807, 2.05) is 0 Å². The van der Waals surface area contributed by atoms with Gasteiger partial charge in [-0.05, 0) is 25.0 Å². The van der Waals surface area contributed by atoms with Gasteiger partial charge in [-0.15, -0.1) is 0 Å². The average Bonchev–Trinajstić information content (AvgIpc) is 2.61. The smallest absolute Gasteiger partial charge is 0.331 e. The summed E-state index contributed by atoms with van der Waals surface area (Å²) in [5, 5.41) is 2.88. The van der Waals surface area contributed by atoms with Gasteiger partial charge in [0, 0.05) is 11.6 Å². The zero-order valence-corrected chi connectivity index (χ0v) is 13.8. The average molecular weight is 321 g/mol. The van der Waals surface area contributed by atoms with Gasteiger partial charge in [-0.25, -0.2) is 4.79 Å². The van der Waals surface area contributed by atoms with Gasteiger partial charge in [0.15, 0.2) is 0 Å². The molecule has 1 aromatic carbocycles. The van der Waals surface area contributed by atoms with Gasteiger partial charge in [0.1, 0.15) is 17.0 Å². The quantitative estimate of drug-likeness (QED) is 0.843. The van der Waals surface area contributed by atoms with Crippen molar-refractivity contribution in [3.05, 3.63) is 23.8 Å². The molecule has 1 aliphatic rings. The Bertz CT molecular complexity index is 556. The van der Waals surface area contributed by atoms with Crippen LogP contribution in [0.2, 0.25) is 0 Å². The topological polar surface area (TPSA) is 73.9 Å². The first-order valence-electron chi connectivity index (χ1n) is 7.68. The van der Waals surface area contributed by atoms with Crippen molar-refractivity contribution in [3.8, 4) is 11.5 Å². The molecular weight excluding hydrogens is 298 g/mol. The van der Waals surface area contributed by atoms with E-state index in [0.29, 0.717) is 29.9 Å². The first-order valence-corrected chi connectivity index (χ1v) is 7.68. The lowest BCUT2D eigenvalue weighted by molar-refractivity contribution is -0.149. The molecule has 0 saturated heterocycles. The fourth-order valence-corrected chi connectivity index (χ4v) is 2.96. The molecule has 0 spiro atoms. The standard InChI is InChI=1S/C17H23NO5/c1-21-13-9-12(10-14(11-13)22-2)15(19)18-17(16(20)23-3)7-5-4-6-8-17/h9-11H,4-8H2,1-3H3,(H,18,19). The number of benzene rings is 1. The van der Waals surface area contributed by atoms with E-state index in [0.717, 1.165) is 19.3 Å². The first-order chi connectivity index (χ1) is 11.0. The van der Waals surface area contributed by atoms with E-state index < -0.39 is 5.54 Å². The number of methoxy groups -OCH3 is 3. The van der Waals surface area contributed by atoms with E-state index >= 15 is 0 Å². The van der Waals surface area contributed by atoms with Crippen LogP contribution in [0.25, 0.3) is 0 Å². The zero-order valence-electron chi connectivity index (χ0n) is 13.8. The van der Waals surface area contributed by atoms with Gasteiger partial charge in [0.2, 0.25) is 0 Å². The van der Waals surface area contributed by atoms with Crippen LogP contribution in [0.1, 0.15) is 42.5 Å². The second-order valence-electron chi connectivity index (χ2n) is 5.69. The number of ether oxygens (including phenoxy) is 3. The molecular formula is C17H23NO5. The summed E-state index contributed by atoms with van der Waals surface area (Å²) in [5.41, 5.74) is -0.560. The van der Waals surface area contributed by atoms with Crippen LogP contribution in [-0.4, -0.2) is 38.7 Å². The Hall–Kier alpha value is -2.24. The third kappa shape index (κ3) is 3.75. The maximum Gasteiger partial charge on any atom is 0.331 e. The fourth-order valence-electron chi connectivity index (χ4n) is 2.96. The zero-order chi connectivity index (χ0) is 16.9. The second kappa shape index (κ2) is 7.35. The lowest BCUT2D eigenvalue weighted by atomic mass is 9.81. The Morgan fingerprint density at radius 3 is 2.00 bits per heavy atom. The Morgan fingerprint density at radius 2 is 1.52 bits per heavy atom. The molecule has 0 atom stereocenters. The number of nitrogens with one attached hydrogen (secondary N) is 1. The van der Waals surface area contributed by atoms with Crippen LogP contribution < -0.4 is 14.8 Å². The van der Waals surface area contributed by atoms with Crippen LogP contribution in [-0.2, 0) is 9.53 Å². The third-order valence-electron chi connectivity index (χ3n) is 4.25. The molecule has 0 bridgehead atoms. The molecule has 0 aromatic heterocycles. The van der Waals surface area contributed by atoms with Crippen LogP contribution in [0.3, 0.4) is 0 Å². The predicted octanol–water partition coefficient (Wildman–Crippen LogP) is 2.31. The lowest BCUT2D eigenvalue weighted by Gasteiger charge is -2.35. The molecule has 1 amide bonds. The Labute approximate surface area is 136 Å². The number of esters is 1. The summed E-state index contributed by atoms with van der Waals surface area (Å²) >= 11 is 0. The predicted molar refractivity (Wildman–Crippen MR) is 84.8 cm³/mol. The molecule has 6 nitrogen and oxygen atoms in total. The summed E-state index contributed by atoms with van der Waals surface area (Å²) in [6, 6.07) is 4.92. The summed E-state index contributed by atoms with van der Waals surface area (Å²) in [6.07, 6.45) is 4.01. The van der Waals surface area contributed by atoms with Crippen molar-refractivity contribution in [2.24, 2.45) is 0 Å². The normalized spacial score (nSPS) is 16.3. The molecule has 1 N–H and O–H groups in total. The van der Waals surface area contributed by atoms with E-state index in [4.69, 9.17) is 14.2 Å². The van der Waals surface area contributed by atoms with Crippen LogP contribution in [0.15, 0.2) is 18.2 Å². The largest absolute Gasteiger partial charge is 0.497 e. The van der Waals surface area contributed by atoms with Crippen LogP contribution >= 0.6 is 0 Å². The third-order valence-corrected chi connectivity index (χ3v) is 4.25. The number of amides is 1. The Balaban J connectivity index is 2.26. The maximum absolute atomic E-state index is 12.6. The van der Waals surface area contributed by atoms with E-state index in [-0.39, 0.29) is 11.9 Å². The van der Waals surface area contributed by atoms with E-state index in [1.165, 1.54) is 21.3 Å². The summed E-state index contributed by atoms with van der Waals surface area (Å²) in [7, 11) is 4.39. The number of hydrogen-bond donors (Lipinski definition) is 1. The Kier molecular flexibility index (Phi) is 5.47. The van der Waals surface area contributed by atoms with Crippen molar-refractivity contribution in [3.63, 3.8) is 0 Å². The lowest BCUT2D eigenvalue weighted by Crippen LogP contribution is -2.56. The van der Waals surface area contributed by atoms with Crippen molar-refractivity contribution >= 4 is 11.9 Å². The molecule has 0 heterocycles. The molecule has 1 saturated carbocycles. The number of carbonyl (C=O) groups is 2. The van der Waals surface area contributed by atoms with Crippen molar-refractivity contribution in [2.45, 2.75) is 37.6 Å². The summed E-state index contributed by atoms with van der Waals surface area (Å²) in [4.78, 5) is 24.9. The summed E-state index contributed by atoms with van der Waals surface area (Å²) in [5.74, 6) is 0.311. The molecule has 6 heteroatoms. The molecule has 0 radical (unpaired) electrons. The Morgan fingerprint density at radius 1 is 0.957 bits per heavy atom. The molecule has 23 heavy (non-hydrogen) atoms. The van der Waals surface area contributed by atoms with Gasteiger partial charge in [-0.3, -0.25) is 4.79 Å². The van der Waals surface area contributed by atoms with Gasteiger partial charge in [0.25, 0.3) is 5.91 Å². The first kappa shape index (κ1) is 17.1. The molecule has 0 unspecified atom stereocenters. The van der Waals surface area contributed by atoms with Crippen LogP contribution in [0.5, 0.6) is 11.5 Å². The second-order valence-corrected chi connectivity index (χ2v) is 5.69. The van der Waals surface area contributed by atoms with Crippen molar-refractivity contribution in [1.82, 2.24) is 5.32 Å². The molecule has 126 valence electrons.